The highest BCUT2D eigenvalue weighted by Gasteiger charge is 2.30. The summed E-state index contributed by atoms with van der Waals surface area (Å²) >= 11 is 0. The van der Waals surface area contributed by atoms with Gasteiger partial charge in [0.15, 0.2) is 11.6 Å². The zero-order valence-electron chi connectivity index (χ0n) is 32.3. The van der Waals surface area contributed by atoms with Crippen molar-refractivity contribution in [2.45, 2.75) is 194 Å². The van der Waals surface area contributed by atoms with Gasteiger partial charge < -0.3 is 9.47 Å². The third-order valence-corrected chi connectivity index (χ3v) is 10.5. The van der Waals surface area contributed by atoms with Crippen LogP contribution < -0.4 is 9.47 Å². The monoisotopic (exact) mass is 689 g/mol. The van der Waals surface area contributed by atoms with Gasteiger partial charge in [-0.15, -0.1) is 0 Å². The number of carbonyl (C=O) groups is 2. The highest BCUT2D eigenvalue weighted by molar-refractivity contribution is 6.28. The van der Waals surface area contributed by atoms with Crippen LogP contribution in [0.5, 0.6) is 11.5 Å². The third-order valence-electron chi connectivity index (χ3n) is 10.5. The first kappa shape index (κ1) is 41.8. The van der Waals surface area contributed by atoms with E-state index in [9.17, 15) is 9.59 Å². The number of ether oxygens (including phenoxy) is 2. The van der Waals surface area contributed by atoms with Crippen molar-refractivity contribution < 1.29 is 19.1 Å². The van der Waals surface area contributed by atoms with Gasteiger partial charge in [-0.1, -0.05) is 181 Å². The van der Waals surface area contributed by atoms with E-state index in [2.05, 4.69) is 13.8 Å². The van der Waals surface area contributed by atoms with Crippen molar-refractivity contribution in [2.75, 3.05) is 13.2 Å². The average Bonchev–Trinajstić information content (AvgIpc) is 3.13. The Balaban J connectivity index is 1.24. The standard InChI is InChI=1S/C46H72O4/c1-3-5-7-9-11-13-15-17-19-21-23-25-27-29-35-49-39-31-33-41-43(37-39)45(47)42-34-32-40(38-44(42)46(41)48)50-36-30-28-26-24-22-20-18-16-14-12-10-8-6-4-2/h31-34,37-38H,3-30,35-36H2,1-2H3. The molecule has 4 heteroatoms. The molecule has 2 aromatic rings. The number of carbonyl (C=O) groups excluding carboxylic acids is 2. The number of fused-ring (bicyclic) bond motifs is 2. The molecule has 0 fully saturated rings. The van der Waals surface area contributed by atoms with E-state index in [1.165, 1.54) is 154 Å². The molecule has 4 nitrogen and oxygen atoms in total. The fourth-order valence-electron chi connectivity index (χ4n) is 7.26. The highest BCUT2D eigenvalue weighted by Crippen LogP contribution is 2.32. The molecule has 0 amide bonds. The molecule has 0 aliphatic heterocycles. The molecule has 0 atom stereocenters. The van der Waals surface area contributed by atoms with Crippen LogP contribution in [0, 0.1) is 0 Å². The second-order valence-electron chi connectivity index (χ2n) is 15.0. The molecule has 0 N–H and O–H groups in total. The summed E-state index contributed by atoms with van der Waals surface area (Å²) in [6.07, 6.45) is 37.2. The second-order valence-corrected chi connectivity index (χ2v) is 15.0. The molecule has 1 aliphatic carbocycles. The molecule has 50 heavy (non-hydrogen) atoms. The lowest BCUT2D eigenvalue weighted by atomic mass is 9.84. The van der Waals surface area contributed by atoms with Crippen LogP contribution in [-0.2, 0) is 0 Å². The van der Waals surface area contributed by atoms with Gasteiger partial charge in [0.2, 0.25) is 0 Å². The molecular weight excluding hydrogens is 617 g/mol. The van der Waals surface area contributed by atoms with E-state index in [0.717, 1.165) is 25.7 Å². The van der Waals surface area contributed by atoms with Crippen molar-refractivity contribution in [3.8, 4) is 11.5 Å². The van der Waals surface area contributed by atoms with Crippen LogP contribution >= 0.6 is 0 Å². The second kappa shape index (κ2) is 27.1. The Bertz CT molecular complexity index is 1110. The van der Waals surface area contributed by atoms with E-state index in [4.69, 9.17) is 9.47 Å². The van der Waals surface area contributed by atoms with Gasteiger partial charge in [-0.3, -0.25) is 9.59 Å². The topological polar surface area (TPSA) is 52.6 Å². The summed E-state index contributed by atoms with van der Waals surface area (Å²) in [5, 5.41) is 0. The zero-order chi connectivity index (χ0) is 35.5. The van der Waals surface area contributed by atoms with E-state index < -0.39 is 0 Å². The van der Waals surface area contributed by atoms with Crippen molar-refractivity contribution >= 4 is 11.6 Å². The predicted octanol–water partition coefficient (Wildman–Crippen LogP) is 14.2. The molecule has 0 unspecified atom stereocenters. The Labute approximate surface area is 306 Å². The molecule has 2 aromatic carbocycles. The minimum Gasteiger partial charge on any atom is -0.494 e. The minimum absolute atomic E-state index is 0.116. The van der Waals surface area contributed by atoms with Crippen molar-refractivity contribution in [3.05, 3.63) is 58.7 Å². The maximum Gasteiger partial charge on any atom is 0.194 e. The van der Waals surface area contributed by atoms with Crippen LogP contribution in [0.15, 0.2) is 36.4 Å². The molecule has 0 bridgehead atoms. The fourth-order valence-corrected chi connectivity index (χ4v) is 7.26. The average molecular weight is 689 g/mol. The number of rotatable bonds is 32. The predicted molar refractivity (Wildman–Crippen MR) is 211 cm³/mol. The quantitative estimate of drug-likeness (QED) is 0.0613. The van der Waals surface area contributed by atoms with Crippen LogP contribution in [0.4, 0.5) is 0 Å². The van der Waals surface area contributed by atoms with E-state index >= 15 is 0 Å². The summed E-state index contributed by atoms with van der Waals surface area (Å²) in [5.41, 5.74) is 1.79. The number of hydrogen-bond acceptors (Lipinski definition) is 4. The van der Waals surface area contributed by atoms with Crippen LogP contribution in [0.3, 0.4) is 0 Å². The van der Waals surface area contributed by atoms with Gasteiger partial charge >= 0.3 is 0 Å². The summed E-state index contributed by atoms with van der Waals surface area (Å²) in [4.78, 5) is 26.8. The SMILES string of the molecule is CCCCCCCCCCCCCCCCOc1ccc2c(c1)C(=O)c1ccc(OCCCCCCCCCCCCCCCC)cc1C2=O. The van der Waals surface area contributed by atoms with Gasteiger partial charge in [0.1, 0.15) is 11.5 Å². The lowest BCUT2D eigenvalue weighted by Gasteiger charge is -2.19. The summed E-state index contributed by atoms with van der Waals surface area (Å²) in [6, 6.07) is 10.7. The van der Waals surface area contributed by atoms with Crippen molar-refractivity contribution in [3.63, 3.8) is 0 Å². The van der Waals surface area contributed by atoms with E-state index in [-0.39, 0.29) is 11.6 Å². The Kier molecular flexibility index (Phi) is 22.6. The van der Waals surface area contributed by atoms with Crippen molar-refractivity contribution in [2.24, 2.45) is 0 Å². The van der Waals surface area contributed by atoms with E-state index in [1.54, 1.807) is 24.3 Å². The lowest BCUT2D eigenvalue weighted by Crippen LogP contribution is -2.21. The number of ketones is 2. The molecular formula is C46H72O4. The van der Waals surface area contributed by atoms with E-state index in [1.807, 2.05) is 12.1 Å². The summed E-state index contributed by atoms with van der Waals surface area (Å²) < 4.78 is 12.0. The Morgan fingerprint density at radius 3 is 0.880 bits per heavy atom. The van der Waals surface area contributed by atoms with Crippen LogP contribution in [0.1, 0.15) is 225 Å². The Hall–Kier alpha value is -2.62. The summed E-state index contributed by atoms with van der Waals surface area (Å²) in [5.74, 6) is 1.09. The molecule has 0 heterocycles. The first-order chi connectivity index (χ1) is 24.7. The molecule has 1 aliphatic rings. The largest absolute Gasteiger partial charge is 0.494 e. The normalized spacial score (nSPS) is 12.3. The fraction of sp³-hybridized carbons (Fsp3) is 0.696. The number of benzene rings is 2. The summed E-state index contributed by atoms with van der Waals surface area (Å²) in [7, 11) is 0. The van der Waals surface area contributed by atoms with Gasteiger partial charge in [-0.2, -0.15) is 0 Å². The first-order valence-corrected chi connectivity index (χ1v) is 21.3. The Morgan fingerprint density at radius 2 is 0.600 bits per heavy atom. The van der Waals surface area contributed by atoms with Crippen LogP contribution in [0.2, 0.25) is 0 Å². The maximum absolute atomic E-state index is 13.4. The molecule has 3 rings (SSSR count). The van der Waals surface area contributed by atoms with E-state index in [0.29, 0.717) is 47.0 Å². The van der Waals surface area contributed by atoms with Gasteiger partial charge in [0, 0.05) is 22.3 Å². The molecule has 0 spiro atoms. The van der Waals surface area contributed by atoms with Gasteiger partial charge in [-0.25, -0.2) is 0 Å². The van der Waals surface area contributed by atoms with Gasteiger partial charge in [-0.05, 0) is 49.2 Å². The minimum atomic E-state index is -0.116. The number of unbranched alkanes of at least 4 members (excludes halogenated alkanes) is 26. The zero-order valence-corrected chi connectivity index (χ0v) is 32.3. The lowest BCUT2D eigenvalue weighted by molar-refractivity contribution is 0.0978. The maximum atomic E-state index is 13.4. The highest BCUT2D eigenvalue weighted by atomic mass is 16.5. The van der Waals surface area contributed by atoms with Crippen LogP contribution in [-0.4, -0.2) is 24.8 Å². The molecule has 0 saturated carbocycles. The van der Waals surface area contributed by atoms with Crippen molar-refractivity contribution in [1.29, 1.82) is 0 Å². The first-order valence-electron chi connectivity index (χ1n) is 21.3. The Morgan fingerprint density at radius 1 is 0.340 bits per heavy atom. The molecule has 0 saturated heterocycles. The molecule has 0 radical (unpaired) electrons. The van der Waals surface area contributed by atoms with Gasteiger partial charge in [0.25, 0.3) is 0 Å². The third kappa shape index (κ3) is 16.6. The van der Waals surface area contributed by atoms with Gasteiger partial charge in [0.05, 0.1) is 13.2 Å². The molecule has 280 valence electrons. The van der Waals surface area contributed by atoms with Crippen LogP contribution in [0.25, 0.3) is 0 Å². The smallest absolute Gasteiger partial charge is 0.194 e. The molecule has 0 aromatic heterocycles. The van der Waals surface area contributed by atoms with Crippen molar-refractivity contribution in [1.82, 2.24) is 0 Å². The number of hydrogen-bond donors (Lipinski definition) is 0. The summed E-state index contributed by atoms with van der Waals surface area (Å²) in [6.45, 7) is 5.82.